The van der Waals surface area contributed by atoms with Crippen LogP contribution in [0, 0.1) is 5.41 Å². The summed E-state index contributed by atoms with van der Waals surface area (Å²) in [6.07, 6.45) is 5.19. The molecule has 0 bridgehead atoms. The van der Waals surface area contributed by atoms with Crippen LogP contribution in [-0.2, 0) is 16.4 Å². The van der Waals surface area contributed by atoms with Crippen LogP contribution in [0.3, 0.4) is 0 Å². The summed E-state index contributed by atoms with van der Waals surface area (Å²) in [7, 11) is -3.07. The molecule has 0 aromatic heterocycles. The molecule has 6 nitrogen and oxygen atoms in total. The maximum Gasteiger partial charge on any atom is 0.213 e. The Morgan fingerprint density at radius 3 is 2.43 bits per heavy atom. The van der Waals surface area contributed by atoms with Gasteiger partial charge in [-0.3, -0.25) is 4.99 Å². The van der Waals surface area contributed by atoms with Crippen molar-refractivity contribution in [3.63, 3.8) is 0 Å². The Hall–Kier alpha value is -1.60. The van der Waals surface area contributed by atoms with Gasteiger partial charge in [-0.25, -0.2) is 12.7 Å². The lowest BCUT2D eigenvalue weighted by Gasteiger charge is -2.32. The van der Waals surface area contributed by atoms with Crippen molar-refractivity contribution in [3.05, 3.63) is 35.9 Å². The zero-order valence-corrected chi connectivity index (χ0v) is 18.0. The van der Waals surface area contributed by atoms with Gasteiger partial charge in [0, 0.05) is 32.2 Å². The molecule has 1 heterocycles. The minimum atomic E-state index is -3.07. The summed E-state index contributed by atoms with van der Waals surface area (Å²) >= 11 is 0. The third kappa shape index (κ3) is 5.70. The molecular formula is C21H34N4O2S. The Balaban J connectivity index is 1.54. The summed E-state index contributed by atoms with van der Waals surface area (Å²) in [5.41, 5.74) is 1.69. The quantitative estimate of drug-likeness (QED) is 0.513. The Bertz CT molecular complexity index is 752. The smallest absolute Gasteiger partial charge is 0.213 e. The second-order valence-corrected chi connectivity index (χ2v) is 10.3. The molecule has 1 aromatic carbocycles. The van der Waals surface area contributed by atoms with E-state index < -0.39 is 10.0 Å². The number of guanidine groups is 1. The van der Waals surface area contributed by atoms with Crippen LogP contribution in [0.5, 0.6) is 0 Å². The van der Waals surface area contributed by atoms with E-state index in [9.17, 15) is 8.42 Å². The largest absolute Gasteiger partial charge is 0.357 e. The lowest BCUT2D eigenvalue weighted by Crippen LogP contribution is -2.50. The van der Waals surface area contributed by atoms with Gasteiger partial charge in [-0.15, -0.1) is 0 Å². The Morgan fingerprint density at radius 2 is 1.86 bits per heavy atom. The molecule has 156 valence electrons. The topological polar surface area (TPSA) is 73.8 Å². The number of nitrogens with one attached hydrogen (secondary N) is 2. The summed E-state index contributed by atoms with van der Waals surface area (Å²) in [6, 6.07) is 10.9. The molecule has 1 aliphatic carbocycles. The molecule has 0 spiro atoms. The van der Waals surface area contributed by atoms with Crippen molar-refractivity contribution < 1.29 is 8.42 Å². The molecule has 0 atom stereocenters. The Labute approximate surface area is 169 Å². The first-order valence-electron chi connectivity index (χ1n) is 10.5. The van der Waals surface area contributed by atoms with Crippen molar-refractivity contribution in [1.82, 2.24) is 14.9 Å². The number of benzene rings is 1. The third-order valence-electron chi connectivity index (χ3n) is 5.85. The highest BCUT2D eigenvalue weighted by molar-refractivity contribution is 7.89. The maximum atomic E-state index is 12.0. The lowest BCUT2D eigenvalue weighted by molar-refractivity contribution is 0.306. The molecule has 2 N–H and O–H groups in total. The third-order valence-corrected chi connectivity index (χ3v) is 7.73. The Kier molecular flexibility index (Phi) is 6.99. The fraction of sp³-hybridized carbons (Fsp3) is 0.667. The SMILES string of the molecule is CCNC(=NCC1(Cc2ccccc2)CC1)NC1CCN(S(=O)(=O)CC)CC1. The first-order valence-corrected chi connectivity index (χ1v) is 12.1. The van der Waals surface area contributed by atoms with Crippen molar-refractivity contribution in [1.29, 1.82) is 0 Å². The van der Waals surface area contributed by atoms with Crippen LogP contribution in [0.25, 0.3) is 0 Å². The van der Waals surface area contributed by atoms with E-state index in [1.165, 1.54) is 18.4 Å². The average molecular weight is 407 g/mol. The maximum absolute atomic E-state index is 12.0. The van der Waals surface area contributed by atoms with Crippen LogP contribution in [0.1, 0.15) is 45.1 Å². The van der Waals surface area contributed by atoms with E-state index in [1.807, 2.05) is 0 Å². The van der Waals surface area contributed by atoms with E-state index in [-0.39, 0.29) is 11.8 Å². The second kappa shape index (κ2) is 9.27. The predicted molar refractivity (Wildman–Crippen MR) is 115 cm³/mol. The van der Waals surface area contributed by atoms with Gasteiger partial charge in [0.1, 0.15) is 0 Å². The molecule has 28 heavy (non-hydrogen) atoms. The predicted octanol–water partition coefficient (Wildman–Crippen LogP) is 2.38. The molecule has 0 radical (unpaired) electrons. The normalized spacial score (nSPS) is 20.7. The van der Waals surface area contributed by atoms with Crippen LogP contribution in [0.2, 0.25) is 0 Å². The first kappa shape index (κ1) is 21.1. The lowest BCUT2D eigenvalue weighted by atomic mass is 9.97. The standard InChI is InChI=1S/C21H34N4O2S/c1-3-22-20(24-19-10-14-25(15-11-19)28(26,27)4-2)23-17-21(12-13-21)16-18-8-6-5-7-9-18/h5-9,19H,3-4,10-17H2,1-2H3,(H2,22,23,24). The summed E-state index contributed by atoms with van der Waals surface area (Å²) in [5.74, 6) is 1.04. The number of hydrogen-bond acceptors (Lipinski definition) is 3. The molecule has 7 heteroatoms. The average Bonchev–Trinajstić information content (AvgIpc) is 3.47. The van der Waals surface area contributed by atoms with E-state index >= 15 is 0 Å². The van der Waals surface area contributed by atoms with Gasteiger partial charge >= 0.3 is 0 Å². The van der Waals surface area contributed by atoms with Gasteiger partial charge in [0.05, 0.1) is 5.75 Å². The van der Waals surface area contributed by atoms with Crippen molar-refractivity contribution >= 4 is 16.0 Å². The van der Waals surface area contributed by atoms with Crippen LogP contribution in [0.15, 0.2) is 35.3 Å². The van der Waals surface area contributed by atoms with Crippen LogP contribution < -0.4 is 10.6 Å². The van der Waals surface area contributed by atoms with E-state index in [2.05, 4.69) is 47.9 Å². The zero-order chi connectivity index (χ0) is 20.0. The van der Waals surface area contributed by atoms with E-state index in [0.29, 0.717) is 18.5 Å². The molecule has 1 saturated carbocycles. The van der Waals surface area contributed by atoms with Gasteiger partial charge in [-0.05, 0) is 56.9 Å². The number of hydrogen-bond donors (Lipinski definition) is 2. The molecule has 3 rings (SSSR count). The number of nitrogens with zero attached hydrogens (tertiary/aromatic N) is 2. The number of piperidine rings is 1. The minimum Gasteiger partial charge on any atom is -0.357 e. The van der Waals surface area contributed by atoms with Gasteiger partial charge in [0.15, 0.2) is 5.96 Å². The second-order valence-electron chi connectivity index (χ2n) is 8.08. The molecule has 0 unspecified atom stereocenters. The van der Waals surface area contributed by atoms with E-state index in [0.717, 1.165) is 38.3 Å². The van der Waals surface area contributed by atoms with Crippen molar-refractivity contribution in [2.45, 2.75) is 52.0 Å². The number of sulfonamides is 1. The molecule has 1 aromatic rings. The van der Waals surface area contributed by atoms with Crippen LogP contribution >= 0.6 is 0 Å². The highest BCUT2D eigenvalue weighted by atomic mass is 32.2. The van der Waals surface area contributed by atoms with Crippen LogP contribution in [-0.4, -0.2) is 56.7 Å². The number of aliphatic imine (C=N–C) groups is 1. The highest BCUT2D eigenvalue weighted by Gasteiger charge is 2.42. The van der Waals surface area contributed by atoms with Gasteiger partial charge in [0.2, 0.25) is 10.0 Å². The van der Waals surface area contributed by atoms with Crippen molar-refractivity contribution in [3.8, 4) is 0 Å². The fourth-order valence-electron chi connectivity index (χ4n) is 3.82. The minimum absolute atomic E-state index is 0.179. The van der Waals surface area contributed by atoms with Gasteiger partial charge in [-0.2, -0.15) is 0 Å². The van der Waals surface area contributed by atoms with Gasteiger partial charge in [0.25, 0.3) is 0 Å². The molecular weight excluding hydrogens is 372 g/mol. The first-order chi connectivity index (χ1) is 13.5. The van der Waals surface area contributed by atoms with Gasteiger partial charge in [-0.1, -0.05) is 30.3 Å². The summed E-state index contributed by atoms with van der Waals surface area (Å²) < 4.78 is 25.7. The summed E-state index contributed by atoms with van der Waals surface area (Å²) in [6.45, 7) is 6.61. The molecule has 2 aliphatic rings. The fourth-order valence-corrected chi connectivity index (χ4v) is 4.95. The summed E-state index contributed by atoms with van der Waals surface area (Å²) in [4.78, 5) is 4.88. The van der Waals surface area contributed by atoms with Crippen LogP contribution in [0.4, 0.5) is 0 Å². The zero-order valence-electron chi connectivity index (χ0n) is 17.2. The number of rotatable bonds is 8. The van der Waals surface area contributed by atoms with Crippen molar-refractivity contribution in [2.24, 2.45) is 10.4 Å². The monoisotopic (exact) mass is 406 g/mol. The van der Waals surface area contributed by atoms with Crippen molar-refractivity contribution in [2.75, 3.05) is 31.9 Å². The molecule has 0 amide bonds. The van der Waals surface area contributed by atoms with E-state index in [4.69, 9.17) is 4.99 Å². The Morgan fingerprint density at radius 1 is 1.18 bits per heavy atom. The molecule has 1 aliphatic heterocycles. The molecule has 2 fully saturated rings. The summed E-state index contributed by atoms with van der Waals surface area (Å²) in [5, 5.41) is 6.88. The molecule has 1 saturated heterocycles. The van der Waals surface area contributed by atoms with Gasteiger partial charge < -0.3 is 10.6 Å². The van der Waals surface area contributed by atoms with E-state index in [1.54, 1.807) is 11.2 Å². The highest BCUT2D eigenvalue weighted by Crippen LogP contribution is 2.48.